The summed E-state index contributed by atoms with van der Waals surface area (Å²) in [6.45, 7) is 1.22. The zero-order chi connectivity index (χ0) is 21.6. The SMILES string of the molecule is Cn1c(C(=O)N2CCOCC2)c(/C=C2/C(=O)ON=C2C(F)(F)F)c2cc(F)ccc21. The standard InChI is InChI=1S/C19H15F4N3O4/c1-25-14-3-2-10(20)8-11(14)12(15(25)17(27)26-4-6-29-7-5-26)9-13-16(19(21,22)23)24-30-18(13)28/h2-3,8-9H,4-7H2,1H3/b13-9+. The van der Waals surface area contributed by atoms with E-state index in [0.29, 0.717) is 31.8 Å². The summed E-state index contributed by atoms with van der Waals surface area (Å²) in [4.78, 5) is 30.8. The Morgan fingerprint density at radius 3 is 2.60 bits per heavy atom. The van der Waals surface area contributed by atoms with E-state index >= 15 is 0 Å². The predicted molar refractivity (Wildman–Crippen MR) is 97.2 cm³/mol. The molecule has 1 fully saturated rings. The lowest BCUT2D eigenvalue weighted by Gasteiger charge is -2.27. The third-order valence-electron chi connectivity index (χ3n) is 4.95. The lowest BCUT2D eigenvalue weighted by atomic mass is 10.0. The number of oxime groups is 1. The number of aryl methyl sites for hydroxylation is 1. The van der Waals surface area contributed by atoms with E-state index in [1.165, 1.54) is 21.6 Å². The summed E-state index contributed by atoms with van der Waals surface area (Å²) in [6.07, 6.45) is -4.06. The Kier molecular flexibility index (Phi) is 4.85. The molecule has 30 heavy (non-hydrogen) atoms. The molecule has 0 spiro atoms. The van der Waals surface area contributed by atoms with E-state index < -0.39 is 35.2 Å². The van der Waals surface area contributed by atoms with E-state index in [1.807, 2.05) is 0 Å². The number of halogens is 4. The Bertz CT molecular complexity index is 1110. The number of carbonyl (C=O) groups excluding carboxylic acids is 2. The van der Waals surface area contributed by atoms with E-state index in [4.69, 9.17) is 4.74 Å². The minimum Gasteiger partial charge on any atom is -0.378 e. The van der Waals surface area contributed by atoms with Crippen LogP contribution in [0.4, 0.5) is 17.6 Å². The average Bonchev–Trinajstić information content (AvgIpc) is 3.20. The monoisotopic (exact) mass is 425 g/mol. The van der Waals surface area contributed by atoms with Gasteiger partial charge in [0.2, 0.25) is 0 Å². The van der Waals surface area contributed by atoms with Crippen molar-refractivity contribution in [2.24, 2.45) is 12.2 Å². The van der Waals surface area contributed by atoms with Gasteiger partial charge in [-0.15, -0.1) is 0 Å². The molecule has 0 atom stereocenters. The minimum absolute atomic E-state index is 0.0192. The highest BCUT2D eigenvalue weighted by molar-refractivity contribution is 6.28. The zero-order valence-electron chi connectivity index (χ0n) is 15.6. The number of fused-ring (bicyclic) bond motifs is 1. The van der Waals surface area contributed by atoms with E-state index in [9.17, 15) is 27.2 Å². The van der Waals surface area contributed by atoms with E-state index in [2.05, 4.69) is 9.99 Å². The topological polar surface area (TPSA) is 73.1 Å². The molecule has 0 radical (unpaired) electrons. The van der Waals surface area contributed by atoms with Gasteiger partial charge in [-0.1, -0.05) is 5.16 Å². The third kappa shape index (κ3) is 3.34. The second-order valence-corrected chi connectivity index (χ2v) is 6.76. The fraction of sp³-hybridized carbons (Fsp3) is 0.316. The van der Waals surface area contributed by atoms with Crippen LogP contribution in [0.5, 0.6) is 0 Å². The second-order valence-electron chi connectivity index (χ2n) is 6.76. The van der Waals surface area contributed by atoms with Gasteiger partial charge in [0, 0.05) is 36.6 Å². The molecule has 2 aliphatic heterocycles. The van der Waals surface area contributed by atoms with Gasteiger partial charge in [-0.3, -0.25) is 4.79 Å². The number of aromatic nitrogens is 1. The van der Waals surface area contributed by atoms with Crippen molar-refractivity contribution in [2.75, 3.05) is 26.3 Å². The number of rotatable bonds is 2. The summed E-state index contributed by atoms with van der Waals surface area (Å²) in [5, 5.41) is 3.00. The number of hydrogen-bond donors (Lipinski definition) is 0. The molecule has 3 heterocycles. The van der Waals surface area contributed by atoms with Crippen LogP contribution in [0, 0.1) is 5.82 Å². The smallest absolute Gasteiger partial charge is 0.378 e. The first kappa shape index (κ1) is 20.1. The van der Waals surface area contributed by atoms with E-state index in [1.54, 1.807) is 7.05 Å². The molecule has 158 valence electrons. The van der Waals surface area contributed by atoms with Gasteiger partial charge in [-0.05, 0) is 24.3 Å². The largest absolute Gasteiger partial charge is 0.437 e. The molecule has 11 heteroatoms. The van der Waals surface area contributed by atoms with Crippen LogP contribution >= 0.6 is 0 Å². The molecule has 0 aliphatic carbocycles. The molecule has 0 bridgehead atoms. The number of carbonyl (C=O) groups is 2. The predicted octanol–water partition coefficient (Wildman–Crippen LogP) is 2.65. The average molecular weight is 425 g/mol. The van der Waals surface area contributed by atoms with Crippen LogP contribution in [-0.4, -0.2) is 59.5 Å². The quantitative estimate of drug-likeness (QED) is 0.421. The summed E-state index contributed by atoms with van der Waals surface area (Å²) < 4.78 is 60.4. The fourth-order valence-corrected chi connectivity index (χ4v) is 3.52. The van der Waals surface area contributed by atoms with Crippen molar-refractivity contribution < 1.29 is 36.7 Å². The second kappa shape index (κ2) is 7.24. The summed E-state index contributed by atoms with van der Waals surface area (Å²) in [7, 11) is 1.54. The van der Waals surface area contributed by atoms with Crippen molar-refractivity contribution in [2.45, 2.75) is 6.18 Å². The summed E-state index contributed by atoms with van der Waals surface area (Å²) in [5.41, 5.74) is -1.95. The van der Waals surface area contributed by atoms with Crippen LogP contribution in [-0.2, 0) is 21.4 Å². The van der Waals surface area contributed by atoms with Gasteiger partial charge in [0.05, 0.1) is 18.8 Å². The van der Waals surface area contributed by atoms with Gasteiger partial charge < -0.3 is 19.0 Å². The number of amides is 1. The molecule has 0 saturated carbocycles. The number of benzene rings is 1. The van der Waals surface area contributed by atoms with Gasteiger partial charge in [0.25, 0.3) is 5.91 Å². The van der Waals surface area contributed by atoms with Crippen LogP contribution in [0.25, 0.3) is 17.0 Å². The van der Waals surface area contributed by atoms with E-state index in [0.717, 1.165) is 12.1 Å². The van der Waals surface area contributed by atoms with Gasteiger partial charge in [-0.2, -0.15) is 13.2 Å². The molecule has 1 saturated heterocycles. The maximum absolute atomic E-state index is 13.9. The highest BCUT2D eigenvalue weighted by Crippen LogP contribution is 2.33. The van der Waals surface area contributed by atoms with Crippen LogP contribution in [0.2, 0.25) is 0 Å². The van der Waals surface area contributed by atoms with E-state index in [-0.39, 0.29) is 16.6 Å². The molecular weight excluding hydrogens is 410 g/mol. The van der Waals surface area contributed by atoms with Crippen LogP contribution in [0.3, 0.4) is 0 Å². The fourth-order valence-electron chi connectivity index (χ4n) is 3.52. The first-order valence-corrected chi connectivity index (χ1v) is 8.92. The van der Waals surface area contributed by atoms with Crippen LogP contribution < -0.4 is 0 Å². The summed E-state index contributed by atoms with van der Waals surface area (Å²) >= 11 is 0. The van der Waals surface area contributed by atoms with Crippen molar-refractivity contribution in [1.82, 2.24) is 9.47 Å². The molecule has 1 aromatic heterocycles. The third-order valence-corrected chi connectivity index (χ3v) is 4.95. The first-order chi connectivity index (χ1) is 14.2. The normalized spacial score (nSPS) is 18.8. The molecular formula is C19H15F4N3O4. The Morgan fingerprint density at radius 2 is 1.93 bits per heavy atom. The molecule has 1 aromatic carbocycles. The first-order valence-electron chi connectivity index (χ1n) is 8.92. The summed E-state index contributed by atoms with van der Waals surface area (Å²) in [6, 6.07) is 3.69. The maximum atomic E-state index is 13.9. The van der Waals surface area contributed by atoms with Gasteiger partial charge in [0.1, 0.15) is 11.5 Å². The molecule has 2 aromatic rings. The molecule has 0 N–H and O–H groups in total. The molecule has 7 nitrogen and oxygen atoms in total. The summed E-state index contributed by atoms with van der Waals surface area (Å²) in [5.74, 6) is -2.42. The van der Waals surface area contributed by atoms with Crippen molar-refractivity contribution in [1.29, 1.82) is 0 Å². The van der Waals surface area contributed by atoms with Gasteiger partial charge in [0.15, 0.2) is 5.71 Å². The zero-order valence-corrected chi connectivity index (χ0v) is 15.6. The lowest BCUT2D eigenvalue weighted by molar-refractivity contribution is -0.136. The highest BCUT2D eigenvalue weighted by Gasteiger charge is 2.45. The lowest BCUT2D eigenvalue weighted by Crippen LogP contribution is -2.41. The molecule has 1 amide bonds. The van der Waals surface area contributed by atoms with Gasteiger partial charge in [-0.25, -0.2) is 9.18 Å². The van der Waals surface area contributed by atoms with Crippen LogP contribution in [0.15, 0.2) is 28.9 Å². The van der Waals surface area contributed by atoms with Crippen molar-refractivity contribution in [3.05, 3.63) is 40.8 Å². The molecule has 0 unspecified atom stereocenters. The number of morpholine rings is 1. The Hall–Kier alpha value is -3.21. The molecule has 2 aliphatic rings. The minimum atomic E-state index is -4.94. The van der Waals surface area contributed by atoms with Crippen molar-refractivity contribution >= 4 is 34.6 Å². The number of hydrogen-bond acceptors (Lipinski definition) is 5. The number of alkyl halides is 3. The van der Waals surface area contributed by atoms with Crippen molar-refractivity contribution in [3.63, 3.8) is 0 Å². The Morgan fingerprint density at radius 1 is 1.23 bits per heavy atom. The Labute approximate surface area is 167 Å². The van der Waals surface area contributed by atoms with Crippen molar-refractivity contribution in [3.8, 4) is 0 Å². The number of nitrogens with zero attached hydrogens (tertiary/aromatic N) is 3. The van der Waals surface area contributed by atoms with Crippen LogP contribution in [0.1, 0.15) is 16.1 Å². The Balaban J connectivity index is 1.94. The molecule has 4 rings (SSSR count). The highest BCUT2D eigenvalue weighted by atomic mass is 19.4. The van der Waals surface area contributed by atoms with Gasteiger partial charge >= 0.3 is 12.1 Å². The maximum Gasteiger partial charge on any atom is 0.437 e. The number of ether oxygens (including phenoxy) is 1.